The van der Waals surface area contributed by atoms with Gasteiger partial charge in [-0.25, -0.2) is 4.79 Å². The summed E-state index contributed by atoms with van der Waals surface area (Å²) in [6.45, 7) is 2.18. The molecule has 0 radical (unpaired) electrons. The Labute approximate surface area is 193 Å². The first-order valence-corrected chi connectivity index (χ1v) is 13.4. The molecule has 0 saturated carbocycles. The Balaban J connectivity index is 1.55. The molecule has 33 heavy (non-hydrogen) atoms. The minimum Gasteiger partial charge on any atom is -0.480 e. The Morgan fingerprint density at radius 3 is 2.12 bits per heavy atom. The van der Waals surface area contributed by atoms with E-state index >= 15 is 0 Å². The average molecular weight is 455 g/mol. The predicted octanol–water partition coefficient (Wildman–Crippen LogP) is 3.27. The normalized spacial score (nSPS) is 12.6. The number of carbonyl (C=O) groups is 2. The van der Waals surface area contributed by atoms with E-state index < -0.39 is 26.0 Å². The summed E-state index contributed by atoms with van der Waals surface area (Å²) in [5.41, 5.74) is 3.77. The van der Waals surface area contributed by atoms with Crippen LogP contribution in [-0.2, 0) is 16.0 Å². The molecule has 1 atom stereocenters. The fraction of sp³-hybridized carbons (Fsp3) is 0.111. The average Bonchev–Trinajstić information content (AvgIpc) is 3.26. The highest BCUT2D eigenvalue weighted by Crippen LogP contribution is 2.19. The molecule has 166 valence electrons. The summed E-state index contributed by atoms with van der Waals surface area (Å²) in [7, 11) is -2.34. The quantitative estimate of drug-likeness (QED) is 0.282. The number of carboxylic acids is 1. The monoisotopic (exact) mass is 454 g/mol. The van der Waals surface area contributed by atoms with E-state index in [1.807, 2.05) is 66.4 Å². The second-order valence-corrected chi connectivity index (χ2v) is 12.1. The van der Waals surface area contributed by atoms with Crippen molar-refractivity contribution >= 4 is 41.2 Å². The number of benzene rings is 3. The van der Waals surface area contributed by atoms with Gasteiger partial charge in [-0.3, -0.25) is 4.79 Å². The summed E-state index contributed by atoms with van der Waals surface area (Å²) in [5.74, 6) is -1.47. The van der Waals surface area contributed by atoms with Crippen LogP contribution in [0.25, 0.3) is 10.9 Å². The van der Waals surface area contributed by atoms with E-state index in [-0.39, 0.29) is 6.42 Å². The topological polar surface area (TPSA) is 82.2 Å². The van der Waals surface area contributed by atoms with Crippen LogP contribution in [0.2, 0.25) is 6.55 Å². The molecule has 4 aromatic rings. The van der Waals surface area contributed by atoms with Crippen molar-refractivity contribution in [3.05, 3.63) is 108 Å². The van der Waals surface area contributed by atoms with Gasteiger partial charge in [0.15, 0.2) is 0 Å². The summed E-state index contributed by atoms with van der Waals surface area (Å²) in [5, 5.41) is 15.7. The maximum absolute atomic E-state index is 12.8. The third-order valence-electron chi connectivity index (χ3n) is 6.03. The van der Waals surface area contributed by atoms with Crippen molar-refractivity contribution in [2.75, 3.05) is 0 Å². The first-order chi connectivity index (χ1) is 16.0. The molecule has 3 N–H and O–H groups in total. The van der Waals surface area contributed by atoms with Gasteiger partial charge in [0.05, 0.1) is 0 Å². The van der Waals surface area contributed by atoms with Crippen LogP contribution in [0.3, 0.4) is 0 Å². The van der Waals surface area contributed by atoms with Gasteiger partial charge in [0.2, 0.25) is 5.91 Å². The lowest BCUT2D eigenvalue weighted by atomic mass is 10.1. The number of aromatic amines is 1. The standard InChI is InChI=1S/C27H26N2O3Si/c1-33(21-10-4-2-5-11-21,22-12-6-3-7-13-22)17-16-26(30)29-25(27(31)32)18-20-19-28-24-15-9-8-14-23(20)24/h2-17,19,25,28H,18H2,1H3,(H,29,30)(H,31,32)/b17-16+. The van der Waals surface area contributed by atoms with Crippen molar-refractivity contribution in [3.63, 3.8) is 0 Å². The van der Waals surface area contributed by atoms with E-state index in [2.05, 4.69) is 41.1 Å². The Morgan fingerprint density at radius 2 is 1.52 bits per heavy atom. The molecule has 0 aliphatic carbocycles. The lowest BCUT2D eigenvalue weighted by molar-refractivity contribution is -0.141. The Bertz CT molecular complexity index is 1240. The molecule has 1 aromatic heterocycles. The Morgan fingerprint density at radius 1 is 0.939 bits per heavy atom. The fourth-order valence-corrected chi connectivity index (χ4v) is 7.08. The molecule has 0 spiro atoms. The lowest BCUT2D eigenvalue weighted by Gasteiger charge is -2.25. The number of aromatic nitrogens is 1. The van der Waals surface area contributed by atoms with Gasteiger partial charge >= 0.3 is 5.97 Å². The highest BCUT2D eigenvalue weighted by molar-refractivity contribution is 7.05. The number of carboxylic acid groups (broad SMARTS) is 1. The van der Waals surface area contributed by atoms with Crippen molar-refractivity contribution in [1.29, 1.82) is 0 Å². The maximum atomic E-state index is 12.8. The maximum Gasteiger partial charge on any atom is 0.326 e. The molecule has 5 nitrogen and oxygen atoms in total. The second kappa shape index (κ2) is 9.71. The van der Waals surface area contributed by atoms with Crippen LogP contribution in [-0.4, -0.2) is 36.1 Å². The number of rotatable bonds is 8. The third-order valence-corrected chi connectivity index (χ3v) is 9.93. The fourth-order valence-electron chi connectivity index (χ4n) is 4.11. The van der Waals surface area contributed by atoms with Gasteiger partial charge in [-0.2, -0.15) is 0 Å². The van der Waals surface area contributed by atoms with Gasteiger partial charge in [0.25, 0.3) is 0 Å². The SMILES string of the molecule is C[Si](/C=C/C(=O)NC(Cc1c[nH]c2ccccc12)C(=O)O)(c1ccccc1)c1ccccc1. The third kappa shape index (κ3) is 4.96. The van der Waals surface area contributed by atoms with E-state index in [0.29, 0.717) is 0 Å². The summed E-state index contributed by atoms with van der Waals surface area (Å²) in [6, 6.07) is 27.0. The van der Waals surface area contributed by atoms with Gasteiger partial charge in [-0.05, 0) is 17.7 Å². The summed E-state index contributed by atoms with van der Waals surface area (Å²) < 4.78 is 0. The van der Waals surface area contributed by atoms with E-state index in [4.69, 9.17) is 0 Å². The molecule has 0 aliphatic heterocycles. The highest BCUT2D eigenvalue weighted by atomic mass is 28.3. The predicted molar refractivity (Wildman–Crippen MR) is 134 cm³/mol. The molecule has 0 aliphatic rings. The molecule has 0 saturated heterocycles. The number of amides is 1. The van der Waals surface area contributed by atoms with E-state index in [1.54, 1.807) is 6.20 Å². The number of nitrogens with one attached hydrogen (secondary N) is 2. The van der Waals surface area contributed by atoms with Crippen LogP contribution >= 0.6 is 0 Å². The number of H-pyrrole nitrogens is 1. The van der Waals surface area contributed by atoms with Crippen LogP contribution < -0.4 is 15.7 Å². The zero-order chi connectivity index (χ0) is 23.3. The smallest absolute Gasteiger partial charge is 0.326 e. The molecule has 6 heteroatoms. The summed E-state index contributed by atoms with van der Waals surface area (Å²) >= 11 is 0. The number of carbonyl (C=O) groups excluding carboxylic acids is 1. The largest absolute Gasteiger partial charge is 0.480 e. The Hall–Kier alpha value is -3.90. The van der Waals surface area contributed by atoms with Gasteiger partial charge in [0.1, 0.15) is 14.1 Å². The van der Waals surface area contributed by atoms with Crippen LogP contribution in [0.4, 0.5) is 0 Å². The second-order valence-electron chi connectivity index (χ2n) is 8.23. The molecule has 1 amide bonds. The van der Waals surface area contributed by atoms with Crippen molar-refractivity contribution in [2.24, 2.45) is 0 Å². The van der Waals surface area contributed by atoms with E-state index in [1.165, 1.54) is 16.4 Å². The first-order valence-electron chi connectivity index (χ1n) is 10.9. The molecular weight excluding hydrogens is 428 g/mol. The van der Waals surface area contributed by atoms with E-state index in [9.17, 15) is 14.7 Å². The van der Waals surface area contributed by atoms with Crippen LogP contribution in [0.5, 0.6) is 0 Å². The van der Waals surface area contributed by atoms with Crippen LogP contribution in [0.15, 0.2) is 103 Å². The summed E-state index contributed by atoms with van der Waals surface area (Å²) in [6.07, 6.45) is 3.50. The molecular formula is C27H26N2O3Si. The summed E-state index contributed by atoms with van der Waals surface area (Å²) in [4.78, 5) is 27.9. The minimum atomic E-state index is -2.34. The number of hydrogen-bond donors (Lipinski definition) is 3. The Kier molecular flexibility index (Phi) is 6.56. The number of hydrogen-bond acceptors (Lipinski definition) is 2. The van der Waals surface area contributed by atoms with E-state index in [0.717, 1.165) is 16.5 Å². The molecule has 1 unspecified atom stereocenters. The first kappa shape index (κ1) is 22.3. The van der Waals surface area contributed by atoms with Gasteiger partial charge < -0.3 is 15.4 Å². The van der Waals surface area contributed by atoms with Crippen LogP contribution in [0, 0.1) is 0 Å². The molecule has 0 fully saturated rings. The van der Waals surface area contributed by atoms with Crippen molar-refractivity contribution < 1.29 is 14.7 Å². The zero-order valence-corrected chi connectivity index (χ0v) is 19.4. The number of fused-ring (bicyclic) bond motifs is 1. The van der Waals surface area contributed by atoms with Crippen molar-refractivity contribution in [2.45, 2.75) is 19.0 Å². The van der Waals surface area contributed by atoms with Gasteiger partial charge in [-0.1, -0.05) is 101 Å². The molecule has 3 aromatic carbocycles. The number of aliphatic carboxylic acids is 1. The molecule has 1 heterocycles. The molecule has 4 rings (SSSR count). The lowest BCUT2D eigenvalue weighted by Crippen LogP contribution is -2.54. The number of para-hydroxylation sites is 1. The highest BCUT2D eigenvalue weighted by Gasteiger charge is 2.29. The van der Waals surface area contributed by atoms with Crippen LogP contribution in [0.1, 0.15) is 5.56 Å². The van der Waals surface area contributed by atoms with Crippen molar-refractivity contribution in [1.82, 2.24) is 10.3 Å². The van der Waals surface area contributed by atoms with Gasteiger partial charge in [-0.15, -0.1) is 0 Å². The minimum absolute atomic E-state index is 0.199. The molecule has 0 bridgehead atoms. The van der Waals surface area contributed by atoms with Gasteiger partial charge in [0, 0.05) is 23.5 Å². The zero-order valence-electron chi connectivity index (χ0n) is 18.4. The van der Waals surface area contributed by atoms with Crippen molar-refractivity contribution in [3.8, 4) is 0 Å².